The van der Waals surface area contributed by atoms with E-state index in [2.05, 4.69) is 4.98 Å². The Morgan fingerprint density at radius 1 is 1.39 bits per heavy atom. The molecule has 2 aromatic rings. The van der Waals surface area contributed by atoms with Gasteiger partial charge in [0.1, 0.15) is 5.65 Å². The van der Waals surface area contributed by atoms with Gasteiger partial charge in [0, 0.05) is 21.8 Å². The van der Waals surface area contributed by atoms with E-state index in [9.17, 15) is 8.42 Å². The van der Waals surface area contributed by atoms with Crippen LogP contribution in [0.25, 0.3) is 5.65 Å². The molecule has 0 saturated heterocycles. The summed E-state index contributed by atoms with van der Waals surface area (Å²) in [6.45, 7) is 3.87. The zero-order valence-electron chi connectivity index (χ0n) is 10.1. The fraction of sp³-hybridized carbons (Fsp3) is 0.417. The number of aryl methyl sites for hydroxylation is 1. The first-order valence-corrected chi connectivity index (χ1v) is 8.07. The number of hydrogen-bond donors (Lipinski definition) is 0. The van der Waals surface area contributed by atoms with Crippen molar-refractivity contribution in [3.63, 3.8) is 0 Å². The normalized spacial score (nSPS) is 18.2. The summed E-state index contributed by atoms with van der Waals surface area (Å²) < 4.78 is 25.3. The molecule has 0 bridgehead atoms. The van der Waals surface area contributed by atoms with E-state index in [-0.39, 0.29) is 10.4 Å². The van der Waals surface area contributed by atoms with Crippen molar-refractivity contribution < 1.29 is 8.42 Å². The monoisotopic (exact) mass is 284 g/mol. The summed E-state index contributed by atoms with van der Waals surface area (Å²) in [6, 6.07) is 5.51. The molecule has 0 N–H and O–H groups in total. The Bertz CT molecular complexity index is 745. The van der Waals surface area contributed by atoms with Gasteiger partial charge in [0.15, 0.2) is 5.03 Å². The van der Waals surface area contributed by atoms with E-state index < -0.39 is 9.05 Å². The van der Waals surface area contributed by atoms with Gasteiger partial charge in [-0.15, -0.1) is 0 Å². The molecule has 0 atom stereocenters. The quantitative estimate of drug-likeness (QED) is 0.797. The molecule has 96 valence electrons. The van der Waals surface area contributed by atoms with Crippen LogP contribution < -0.4 is 0 Å². The summed E-state index contributed by atoms with van der Waals surface area (Å²) in [4.78, 5) is 4.47. The van der Waals surface area contributed by atoms with Crippen LogP contribution in [-0.2, 0) is 14.5 Å². The highest BCUT2D eigenvalue weighted by Crippen LogP contribution is 2.49. The molecule has 1 saturated carbocycles. The van der Waals surface area contributed by atoms with Crippen LogP contribution in [0.5, 0.6) is 0 Å². The van der Waals surface area contributed by atoms with Crippen LogP contribution in [0, 0.1) is 6.92 Å². The van der Waals surface area contributed by atoms with E-state index in [1.165, 1.54) is 0 Å². The van der Waals surface area contributed by atoms with E-state index in [1.807, 2.05) is 26.0 Å². The molecule has 1 aliphatic rings. The van der Waals surface area contributed by atoms with Crippen LogP contribution in [-0.4, -0.2) is 17.8 Å². The smallest absolute Gasteiger partial charge is 0.279 e. The molecule has 2 aromatic heterocycles. The molecular weight excluding hydrogens is 272 g/mol. The van der Waals surface area contributed by atoms with Crippen LogP contribution in [0.15, 0.2) is 23.2 Å². The van der Waals surface area contributed by atoms with Gasteiger partial charge in [-0.2, -0.15) is 0 Å². The third kappa shape index (κ3) is 1.65. The van der Waals surface area contributed by atoms with Gasteiger partial charge in [-0.25, -0.2) is 13.4 Å². The third-order valence-corrected chi connectivity index (χ3v) is 4.88. The van der Waals surface area contributed by atoms with Gasteiger partial charge in [-0.3, -0.25) is 4.40 Å². The van der Waals surface area contributed by atoms with Crippen molar-refractivity contribution in [2.24, 2.45) is 0 Å². The number of aromatic nitrogens is 2. The Kier molecular flexibility index (Phi) is 2.32. The average Bonchev–Trinajstić information content (AvgIpc) is 2.87. The molecule has 0 aromatic carbocycles. The highest BCUT2D eigenvalue weighted by Gasteiger charge is 2.45. The van der Waals surface area contributed by atoms with Gasteiger partial charge >= 0.3 is 0 Å². The highest BCUT2D eigenvalue weighted by atomic mass is 35.7. The lowest BCUT2D eigenvalue weighted by atomic mass is 10.1. The molecule has 4 nitrogen and oxygen atoms in total. The first-order chi connectivity index (χ1) is 8.33. The van der Waals surface area contributed by atoms with Gasteiger partial charge in [0.2, 0.25) is 0 Å². The Labute approximate surface area is 110 Å². The lowest BCUT2D eigenvalue weighted by molar-refractivity contribution is 0.598. The minimum atomic E-state index is -3.81. The van der Waals surface area contributed by atoms with Crippen molar-refractivity contribution in [3.05, 3.63) is 29.6 Å². The van der Waals surface area contributed by atoms with Crippen molar-refractivity contribution in [2.75, 3.05) is 0 Å². The van der Waals surface area contributed by atoms with Gasteiger partial charge < -0.3 is 0 Å². The number of fused-ring (bicyclic) bond motifs is 1. The first kappa shape index (κ1) is 12.0. The molecule has 0 amide bonds. The van der Waals surface area contributed by atoms with E-state index >= 15 is 0 Å². The summed E-state index contributed by atoms with van der Waals surface area (Å²) in [6.07, 6.45) is 1.91. The maximum Gasteiger partial charge on any atom is 0.279 e. The molecule has 0 radical (unpaired) electrons. The minimum Gasteiger partial charge on any atom is -0.286 e. The second-order valence-electron chi connectivity index (χ2n) is 5.12. The summed E-state index contributed by atoms with van der Waals surface area (Å²) in [5.41, 5.74) is 1.91. The molecular formula is C12H13ClN2O2S. The summed E-state index contributed by atoms with van der Waals surface area (Å²) in [5, 5.41) is 0.136. The summed E-state index contributed by atoms with van der Waals surface area (Å²) >= 11 is 0. The predicted molar refractivity (Wildman–Crippen MR) is 69.6 cm³/mol. The standard InChI is InChI=1S/C12H13ClN2O2S/c1-8-4-3-5-9-14-10(12(2)6-7-12)11(15(8)9)18(13,16)17/h3-5H,6-7H2,1-2H3. The number of halogens is 1. The maximum absolute atomic E-state index is 11.9. The highest BCUT2D eigenvalue weighted by molar-refractivity contribution is 8.13. The van der Waals surface area contributed by atoms with Crippen molar-refractivity contribution in [1.82, 2.24) is 9.38 Å². The van der Waals surface area contributed by atoms with Crippen molar-refractivity contribution in [1.29, 1.82) is 0 Å². The van der Waals surface area contributed by atoms with Gasteiger partial charge in [-0.1, -0.05) is 13.0 Å². The van der Waals surface area contributed by atoms with Crippen molar-refractivity contribution in [3.8, 4) is 0 Å². The zero-order valence-corrected chi connectivity index (χ0v) is 11.7. The van der Waals surface area contributed by atoms with Crippen LogP contribution in [0.4, 0.5) is 0 Å². The Morgan fingerprint density at radius 3 is 2.61 bits per heavy atom. The van der Waals surface area contributed by atoms with Crippen molar-refractivity contribution in [2.45, 2.75) is 37.1 Å². The second kappa shape index (κ2) is 3.48. The molecule has 3 rings (SSSR count). The summed E-state index contributed by atoms with van der Waals surface area (Å²) in [7, 11) is 1.79. The molecule has 1 fully saturated rings. The number of rotatable bonds is 2. The van der Waals surface area contributed by atoms with Gasteiger partial charge in [-0.05, 0) is 31.9 Å². The lowest BCUT2D eigenvalue weighted by Gasteiger charge is -2.07. The van der Waals surface area contributed by atoms with Crippen LogP contribution in [0.3, 0.4) is 0 Å². The SMILES string of the molecule is Cc1cccc2nc(C3(C)CC3)c(S(=O)(=O)Cl)n12. The van der Waals surface area contributed by atoms with E-state index in [0.717, 1.165) is 18.5 Å². The number of nitrogens with zero attached hydrogens (tertiary/aromatic N) is 2. The number of imidazole rings is 1. The molecule has 6 heteroatoms. The fourth-order valence-corrected chi connectivity index (χ4v) is 3.67. The fourth-order valence-electron chi connectivity index (χ4n) is 2.26. The minimum absolute atomic E-state index is 0.136. The molecule has 0 spiro atoms. The lowest BCUT2D eigenvalue weighted by Crippen LogP contribution is -2.09. The maximum atomic E-state index is 11.9. The predicted octanol–water partition coefficient (Wildman–Crippen LogP) is 2.62. The Morgan fingerprint density at radius 2 is 2.06 bits per heavy atom. The van der Waals surface area contributed by atoms with E-state index in [0.29, 0.717) is 11.3 Å². The number of pyridine rings is 1. The molecule has 2 heterocycles. The van der Waals surface area contributed by atoms with Crippen molar-refractivity contribution >= 4 is 25.4 Å². The zero-order chi connectivity index (χ0) is 13.1. The molecule has 0 aliphatic heterocycles. The van der Waals surface area contributed by atoms with Gasteiger partial charge in [0.25, 0.3) is 9.05 Å². The Hall–Kier alpha value is -1.07. The van der Waals surface area contributed by atoms with E-state index in [4.69, 9.17) is 10.7 Å². The van der Waals surface area contributed by atoms with Crippen LogP contribution >= 0.6 is 10.7 Å². The first-order valence-electron chi connectivity index (χ1n) is 5.76. The second-order valence-corrected chi connectivity index (χ2v) is 7.61. The largest absolute Gasteiger partial charge is 0.286 e. The Balaban J connectivity index is 2.47. The summed E-state index contributed by atoms with van der Waals surface area (Å²) in [5.74, 6) is 0. The average molecular weight is 285 g/mol. The van der Waals surface area contributed by atoms with Gasteiger partial charge in [0.05, 0.1) is 5.69 Å². The number of hydrogen-bond acceptors (Lipinski definition) is 3. The third-order valence-electron chi connectivity index (χ3n) is 3.60. The topological polar surface area (TPSA) is 51.4 Å². The van der Waals surface area contributed by atoms with Crippen LogP contribution in [0.2, 0.25) is 0 Å². The van der Waals surface area contributed by atoms with E-state index in [1.54, 1.807) is 10.5 Å². The molecule has 1 aliphatic carbocycles. The molecule has 0 unspecified atom stereocenters. The molecule has 18 heavy (non-hydrogen) atoms. The van der Waals surface area contributed by atoms with Crippen LogP contribution in [0.1, 0.15) is 31.2 Å².